The number of hydrogen-bond acceptors (Lipinski definition) is 6. The molecule has 2 amide bonds. The Morgan fingerprint density at radius 3 is 2.44 bits per heavy atom. The summed E-state index contributed by atoms with van der Waals surface area (Å²) >= 11 is 0. The van der Waals surface area contributed by atoms with Crippen molar-refractivity contribution >= 4 is 28.7 Å². The van der Waals surface area contributed by atoms with Gasteiger partial charge in [-0.3, -0.25) is 9.36 Å². The van der Waals surface area contributed by atoms with Gasteiger partial charge in [0.1, 0.15) is 11.3 Å². The minimum absolute atomic E-state index is 0.170. The fourth-order valence-electron chi connectivity index (χ4n) is 4.31. The summed E-state index contributed by atoms with van der Waals surface area (Å²) in [5, 5.41) is 2.93. The van der Waals surface area contributed by atoms with Crippen molar-refractivity contribution in [3.63, 3.8) is 0 Å². The van der Waals surface area contributed by atoms with Crippen molar-refractivity contribution in [2.45, 2.75) is 13.5 Å². The second-order valence-corrected chi connectivity index (χ2v) is 8.52. The van der Waals surface area contributed by atoms with Crippen molar-refractivity contribution < 1.29 is 9.53 Å². The molecule has 0 unspecified atom stereocenters. The van der Waals surface area contributed by atoms with Crippen molar-refractivity contribution in [2.24, 2.45) is 0 Å². The maximum absolute atomic E-state index is 13.5. The number of nitrogens with zero attached hydrogens (tertiary/aromatic N) is 5. The number of carbonyl (C=O) groups is 1. The average Bonchev–Trinajstić information content (AvgIpc) is 2.92. The number of urea groups is 1. The van der Waals surface area contributed by atoms with E-state index in [1.807, 2.05) is 78.6 Å². The van der Waals surface area contributed by atoms with E-state index in [1.165, 1.54) is 0 Å². The van der Waals surface area contributed by atoms with Gasteiger partial charge in [0.2, 0.25) is 0 Å². The summed E-state index contributed by atoms with van der Waals surface area (Å²) in [6.07, 6.45) is 1.67. The number of nitrogens with one attached hydrogen (secondary N) is 1. The van der Waals surface area contributed by atoms with Crippen molar-refractivity contribution in [3.05, 3.63) is 88.8 Å². The normalized spacial score (nSPS) is 13.6. The Bertz CT molecular complexity index is 1400. The molecule has 0 radical (unpaired) electrons. The summed E-state index contributed by atoms with van der Waals surface area (Å²) in [5.41, 5.74) is 2.76. The smallest absolute Gasteiger partial charge is 0.321 e. The first-order chi connectivity index (χ1) is 17.6. The fourth-order valence-corrected chi connectivity index (χ4v) is 4.31. The van der Waals surface area contributed by atoms with Crippen molar-refractivity contribution in [2.75, 3.05) is 43.0 Å². The van der Waals surface area contributed by atoms with Gasteiger partial charge >= 0.3 is 6.03 Å². The van der Waals surface area contributed by atoms with Crippen LogP contribution in [0.1, 0.15) is 12.5 Å². The summed E-state index contributed by atoms with van der Waals surface area (Å²) in [7, 11) is 0. The topological polar surface area (TPSA) is 92.6 Å². The van der Waals surface area contributed by atoms with Gasteiger partial charge < -0.3 is 19.9 Å². The predicted octanol–water partition coefficient (Wildman–Crippen LogP) is 3.59. The molecule has 9 heteroatoms. The third-order valence-electron chi connectivity index (χ3n) is 6.15. The van der Waals surface area contributed by atoms with Gasteiger partial charge in [0, 0.05) is 38.1 Å². The summed E-state index contributed by atoms with van der Waals surface area (Å²) in [6, 6.07) is 20.7. The standard InChI is InChI=1S/C27H28N6O3/c1-2-36-22-12-10-21(11-13-22)29-27(35)32-17-15-31(16-18-32)25-26(34)33(19-20-7-4-3-5-8-20)24-23(30-25)9-6-14-28-24/h3-14H,2,15-19H2,1H3,(H,29,35). The molecule has 1 aliphatic heterocycles. The Labute approximate surface area is 209 Å². The predicted molar refractivity (Wildman–Crippen MR) is 140 cm³/mol. The number of aromatic nitrogens is 3. The molecule has 36 heavy (non-hydrogen) atoms. The van der Waals surface area contributed by atoms with Gasteiger partial charge in [-0.05, 0) is 48.9 Å². The number of fused-ring (bicyclic) bond motifs is 1. The zero-order chi connectivity index (χ0) is 24.9. The van der Waals surface area contributed by atoms with Crippen molar-refractivity contribution in [1.82, 2.24) is 19.4 Å². The molecule has 4 aromatic rings. The molecule has 3 heterocycles. The molecule has 9 nitrogen and oxygen atoms in total. The SMILES string of the molecule is CCOc1ccc(NC(=O)N2CCN(c3nc4cccnc4n(Cc4ccccc4)c3=O)CC2)cc1. The number of rotatable bonds is 6. The van der Waals surface area contributed by atoms with Crippen LogP contribution in [0.5, 0.6) is 5.75 Å². The van der Waals surface area contributed by atoms with Gasteiger partial charge in [0.05, 0.1) is 13.2 Å². The Kier molecular flexibility index (Phi) is 6.79. The molecule has 1 N–H and O–H groups in total. The van der Waals surface area contributed by atoms with E-state index in [0.29, 0.717) is 62.0 Å². The zero-order valence-electron chi connectivity index (χ0n) is 20.1. The fraction of sp³-hybridized carbons (Fsp3) is 0.259. The van der Waals surface area contributed by atoms with Crippen LogP contribution in [-0.4, -0.2) is 58.3 Å². The van der Waals surface area contributed by atoms with E-state index < -0.39 is 0 Å². The van der Waals surface area contributed by atoms with Crippen molar-refractivity contribution in [1.29, 1.82) is 0 Å². The van der Waals surface area contributed by atoms with Crippen LogP contribution in [0.15, 0.2) is 77.7 Å². The number of pyridine rings is 1. The summed E-state index contributed by atoms with van der Waals surface area (Å²) in [5.74, 6) is 1.15. The Morgan fingerprint density at radius 2 is 1.72 bits per heavy atom. The van der Waals surface area contributed by atoms with E-state index in [9.17, 15) is 9.59 Å². The van der Waals surface area contributed by atoms with E-state index >= 15 is 0 Å². The molecular formula is C27H28N6O3. The molecule has 5 rings (SSSR count). The first-order valence-electron chi connectivity index (χ1n) is 12.1. The summed E-state index contributed by atoms with van der Waals surface area (Å²) in [6.45, 7) is 4.91. The summed E-state index contributed by atoms with van der Waals surface area (Å²) in [4.78, 5) is 39.1. The maximum atomic E-state index is 13.5. The lowest BCUT2D eigenvalue weighted by Crippen LogP contribution is -2.51. The minimum Gasteiger partial charge on any atom is -0.494 e. The van der Waals surface area contributed by atoms with Crippen LogP contribution in [0.4, 0.5) is 16.3 Å². The quantitative estimate of drug-likeness (QED) is 0.450. The third-order valence-corrected chi connectivity index (χ3v) is 6.15. The number of piperazine rings is 1. The van der Waals surface area contributed by atoms with Crippen LogP contribution in [0, 0.1) is 0 Å². The van der Waals surface area contributed by atoms with E-state index in [0.717, 1.165) is 11.3 Å². The molecule has 184 valence electrons. The highest BCUT2D eigenvalue weighted by Crippen LogP contribution is 2.18. The number of ether oxygens (including phenoxy) is 1. The molecule has 1 aliphatic rings. The molecule has 0 aliphatic carbocycles. The van der Waals surface area contributed by atoms with E-state index in [1.54, 1.807) is 15.7 Å². The number of amides is 2. The lowest BCUT2D eigenvalue weighted by Gasteiger charge is -2.35. The molecule has 2 aromatic heterocycles. The highest BCUT2D eigenvalue weighted by molar-refractivity contribution is 5.89. The van der Waals surface area contributed by atoms with Crippen LogP contribution < -0.4 is 20.5 Å². The van der Waals surface area contributed by atoms with Gasteiger partial charge in [0.25, 0.3) is 5.56 Å². The van der Waals surface area contributed by atoms with Crippen LogP contribution in [0.25, 0.3) is 11.2 Å². The summed E-state index contributed by atoms with van der Waals surface area (Å²) < 4.78 is 7.13. The highest BCUT2D eigenvalue weighted by atomic mass is 16.5. The number of hydrogen-bond donors (Lipinski definition) is 1. The average molecular weight is 485 g/mol. The van der Waals surface area contributed by atoms with Gasteiger partial charge in [0.15, 0.2) is 11.5 Å². The molecule has 2 aromatic carbocycles. The first-order valence-corrected chi connectivity index (χ1v) is 12.1. The molecule has 0 atom stereocenters. The zero-order valence-corrected chi connectivity index (χ0v) is 20.1. The molecule has 0 bridgehead atoms. The van der Waals surface area contributed by atoms with E-state index in [4.69, 9.17) is 4.74 Å². The maximum Gasteiger partial charge on any atom is 0.321 e. The van der Waals surface area contributed by atoms with Gasteiger partial charge in [-0.1, -0.05) is 30.3 Å². The lowest BCUT2D eigenvalue weighted by atomic mass is 10.2. The second kappa shape index (κ2) is 10.5. The van der Waals surface area contributed by atoms with Gasteiger partial charge in [-0.15, -0.1) is 0 Å². The molecule has 1 fully saturated rings. The molecule has 0 saturated carbocycles. The number of carbonyl (C=O) groups excluding carboxylic acids is 1. The minimum atomic E-state index is -0.183. The van der Waals surface area contributed by atoms with Crippen LogP contribution in [0.2, 0.25) is 0 Å². The van der Waals surface area contributed by atoms with Crippen molar-refractivity contribution in [3.8, 4) is 5.75 Å². The molecular weight excluding hydrogens is 456 g/mol. The third kappa shape index (κ3) is 5.00. The van der Waals surface area contributed by atoms with Gasteiger partial charge in [-0.2, -0.15) is 0 Å². The number of anilines is 2. The monoisotopic (exact) mass is 484 g/mol. The Morgan fingerprint density at radius 1 is 0.972 bits per heavy atom. The first kappa shape index (κ1) is 23.3. The van der Waals surface area contributed by atoms with E-state index in [-0.39, 0.29) is 11.6 Å². The molecule has 0 spiro atoms. The number of benzene rings is 2. The van der Waals surface area contributed by atoms with Gasteiger partial charge in [-0.25, -0.2) is 14.8 Å². The second-order valence-electron chi connectivity index (χ2n) is 8.52. The molecule has 1 saturated heterocycles. The van der Waals surface area contributed by atoms with E-state index in [2.05, 4.69) is 15.3 Å². The largest absolute Gasteiger partial charge is 0.494 e. The highest BCUT2D eigenvalue weighted by Gasteiger charge is 2.25. The van der Waals surface area contributed by atoms with Crippen LogP contribution in [0.3, 0.4) is 0 Å². The lowest BCUT2D eigenvalue weighted by molar-refractivity contribution is 0.208. The van der Waals surface area contributed by atoms with Crippen LogP contribution in [-0.2, 0) is 6.54 Å². The Balaban J connectivity index is 1.31. The van der Waals surface area contributed by atoms with Crippen LogP contribution >= 0.6 is 0 Å². The Hall–Kier alpha value is -4.40.